The summed E-state index contributed by atoms with van der Waals surface area (Å²) in [5.41, 5.74) is 1.75. The van der Waals surface area contributed by atoms with Gasteiger partial charge in [-0.25, -0.2) is 9.78 Å². The fourth-order valence-corrected chi connectivity index (χ4v) is 2.58. The van der Waals surface area contributed by atoms with Gasteiger partial charge in [-0.15, -0.1) is 0 Å². The first-order chi connectivity index (χ1) is 11.0. The van der Waals surface area contributed by atoms with E-state index in [1.54, 1.807) is 25.1 Å². The predicted octanol–water partition coefficient (Wildman–Crippen LogP) is 3.28. The predicted molar refractivity (Wildman–Crippen MR) is 90.1 cm³/mol. The fraction of sp³-hybridized carbons (Fsp3) is 0.267. The Balaban J connectivity index is 1.89. The van der Waals surface area contributed by atoms with Crippen molar-refractivity contribution in [2.75, 3.05) is 17.7 Å². The molecule has 122 valence electrons. The lowest BCUT2D eigenvalue weighted by molar-refractivity contribution is -0.113. The number of carbonyl (C=O) groups is 2. The summed E-state index contributed by atoms with van der Waals surface area (Å²) in [6.45, 7) is 3.86. The summed E-state index contributed by atoms with van der Waals surface area (Å²) in [6.07, 6.45) is 1.39. The number of nitrogens with one attached hydrogen (secondary N) is 2. The largest absolute Gasteiger partial charge is 0.461 e. The fourth-order valence-electron chi connectivity index (χ4n) is 1.75. The minimum Gasteiger partial charge on any atom is -0.461 e. The van der Waals surface area contributed by atoms with Crippen molar-refractivity contribution in [2.45, 2.75) is 19.0 Å². The van der Waals surface area contributed by atoms with Crippen molar-refractivity contribution in [1.82, 2.24) is 9.97 Å². The number of hydrogen-bond acceptors (Lipinski definition) is 5. The molecule has 2 rings (SSSR count). The molecule has 23 heavy (non-hydrogen) atoms. The zero-order chi connectivity index (χ0) is 16.8. The van der Waals surface area contributed by atoms with Gasteiger partial charge >= 0.3 is 5.97 Å². The first-order valence-corrected chi connectivity index (χ1v) is 8.27. The molecule has 0 aliphatic carbocycles. The van der Waals surface area contributed by atoms with Crippen molar-refractivity contribution >= 4 is 40.9 Å². The number of benzene rings is 1. The topological polar surface area (TPSA) is 84.1 Å². The van der Waals surface area contributed by atoms with E-state index in [9.17, 15) is 9.59 Å². The van der Waals surface area contributed by atoms with Crippen molar-refractivity contribution < 1.29 is 14.3 Å². The van der Waals surface area contributed by atoms with Crippen LogP contribution in [0.2, 0.25) is 5.02 Å². The molecule has 0 aliphatic rings. The lowest BCUT2D eigenvalue weighted by atomic mass is 10.2. The minimum atomic E-state index is -0.467. The molecule has 1 aromatic heterocycles. The molecule has 2 aromatic rings. The second-order valence-electron chi connectivity index (χ2n) is 4.57. The zero-order valence-electron chi connectivity index (χ0n) is 12.7. The van der Waals surface area contributed by atoms with Gasteiger partial charge in [0.05, 0.1) is 18.6 Å². The number of anilines is 1. The Morgan fingerprint density at radius 2 is 2.22 bits per heavy atom. The molecule has 0 spiro atoms. The third-order valence-corrected chi connectivity index (χ3v) is 4.23. The van der Waals surface area contributed by atoms with Gasteiger partial charge in [0.2, 0.25) is 5.91 Å². The van der Waals surface area contributed by atoms with Gasteiger partial charge in [0.25, 0.3) is 0 Å². The molecule has 2 N–H and O–H groups in total. The summed E-state index contributed by atoms with van der Waals surface area (Å²) in [7, 11) is 0. The standard InChI is InChI=1S/C15H16ClN3O3S/c1-3-22-14(21)12-7-17-15(19-12)23-8-13(20)18-11-6-4-5-10(16)9(11)2/h4-7H,3,8H2,1-2H3,(H,17,19)(H,18,20). The molecule has 0 saturated carbocycles. The van der Waals surface area contributed by atoms with Crippen molar-refractivity contribution in [3.05, 3.63) is 40.7 Å². The molecular weight excluding hydrogens is 338 g/mol. The average Bonchev–Trinajstić information content (AvgIpc) is 2.99. The first kappa shape index (κ1) is 17.4. The summed E-state index contributed by atoms with van der Waals surface area (Å²) in [4.78, 5) is 30.3. The number of halogens is 1. The Bertz CT molecular complexity index is 718. The Morgan fingerprint density at radius 1 is 1.43 bits per heavy atom. The number of thioether (sulfide) groups is 1. The molecule has 1 amide bonds. The van der Waals surface area contributed by atoms with Crippen LogP contribution in [0, 0.1) is 6.92 Å². The Kier molecular flexibility index (Phi) is 6.06. The number of amides is 1. The van der Waals surface area contributed by atoms with Gasteiger partial charge < -0.3 is 15.0 Å². The number of carbonyl (C=O) groups excluding carboxylic acids is 2. The maximum absolute atomic E-state index is 12.0. The molecule has 0 radical (unpaired) electrons. The summed E-state index contributed by atoms with van der Waals surface area (Å²) < 4.78 is 4.86. The van der Waals surface area contributed by atoms with Crippen molar-refractivity contribution in [1.29, 1.82) is 0 Å². The number of hydrogen-bond donors (Lipinski definition) is 2. The summed E-state index contributed by atoms with van der Waals surface area (Å²) in [6, 6.07) is 5.33. The number of H-pyrrole nitrogens is 1. The van der Waals surface area contributed by atoms with Crippen molar-refractivity contribution in [3.63, 3.8) is 0 Å². The van der Waals surface area contributed by atoms with Crippen molar-refractivity contribution in [2.24, 2.45) is 0 Å². The molecule has 0 unspecified atom stereocenters. The van der Waals surface area contributed by atoms with Gasteiger partial charge in [-0.05, 0) is 31.5 Å². The van der Waals surface area contributed by atoms with Gasteiger partial charge in [0, 0.05) is 10.7 Å². The van der Waals surface area contributed by atoms with E-state index in [4.69, 9.17) is 16.3 Å². The van der Waals surface area contributed by atoms with Gasteiger partial charge in [0.1, 0.15) is 5.69 Å². The number of imidazole rings is 1. The first-order valence-electron chi connectivity index (χ1n) is 6.91. The number of aromatic nitrogens is 2. The number of ether oxygens (including phenoxy) is 1. The van der Waals surface area contributed by atoms with Gasteiger partial charge in [-0.1, -0.05) is 29.4 Å². The molecule has 0 bridgehead atoms. The third-order valence-electron chi connectivity index (χ3n) is 2.93. The second kappa shape index (κ2) is 8.03. The molecule has 0 atom stereocenters. The van der Waals surface area contributed by atoms with Crippen LogP contribution in [0.15, 0.2) is 29.6 Å². The minimum absolute atomic E-state index is 0.154. The van der Waals surface area contributed by atoms with Crippen LogP contribution in [0.3, 0.4) is 0 Å². The highest BCUT2D eigenvalue weighted by molar-refractivity contribution is 7.99. The summed E-state index contributed by atoms with van der Waals surface area (Å²) in [5, 5.41) is 3.87. The molecule has 8 heteroatoms. The molecule has 0 aliphatic heterocycles. The van der Waals surface area contributed by atoms with E-state index in [0.717, 1.165) is 5.56 Å². The average molecular weight is 354 g/mol. The van der Waals surface area contributed by atoms with Crippen LogP contribution in [-0.4, -0.2) is 34.2 Å². The Labute approximate surface area is 143 Å². The van der Waals surface area contributed by atoms with Gasteiger partial charge in [-0.3, -0.25) is 4.79 Å². The van der Waals surface area contributed by atoms with Crippen LogP contribution < -0.4 is 5.32 Å². The van der Waals surface area contributed by atoms with Gasteiger partial charge in [-0.2, -0.15) is 0 Å². The Morgan fingerprint density at radius 3 is 2.96 bits per heavy atom. The molecule has 1 aromatic carbocycles. The molecular formula is C15H16ClN3O3S. The number of esters is 1. The van der Waals surface area contributed by atoms with Crippen molar-refractivity contribution in [3.8, 4) is 0 Å². The quantitative estimate of drug-likeness (QED) is 0.615. The number of aromatic amines is 1. The highest BCUT2D eigenvalue weighted by Crippen LogP contribution is 2.23. The van der Waals surface area contributed by atoms with Crippen LogP contribution in [0.25, 0.3) is 0 Å². The number of nitrogens with zero attached hydrogens (tertiary/aromatic N) is 1. The highest BCUT2D eigenvalue weighted by Gasteiger charge is 2.12. The molecule has 1 heterocycles. The zero-order valence-corrected chi connectivity index (χ0v) is 14.3. The van der Waals surface area contributed by atoms with E-state index in [1.807, 2.05) is 6.92 Å². The SMILES string of the molecule is CCOC(=O)c1cnc(SCC(=O)Nc2cccc(Cl)c2C)[nH]1. The second-order valence-corrected chi connectivity index (χ2v) is 5.94. The molecule has 6 nitrogen and oxygen atoms in total. The van der Waals surface area contributed by atoms with Crippen LogP contribution >= 0.6 is 23.4 Å². The van der Waals surface area contributed by atoms with E-state index in [2.05, 4.69) is 15.3 Å². The maximum Gasteiger partial charge on any atom is 0.356 e. The van der Waals surface area contributed by atoms with Crippen LogP contribution in [0.4, 0.5) is 5.69 Å². The van der Waals surface area contributed by atoms with Crippen LogP contribution in [0.5, 0.6) is 0 Å². The highest BCUT2D eigenvalue weighted by atomic mass is 35.5. The molecule has 0 saturated heterocycles. The van der Waals surface area contributed by atoms with E-state index in [-0.39, 0.29) is 17.4 Å². The molecule has 0 fully saturated rings. The van der Waals surface area contributed by atoms with Crippen LogP contribution in [-0.2, 0) is 9.53 Å². The van der Waals surface area contributed by atoms with E-state index < -0.39 is 5.97 Å². The smallest absolute Gasteiger partial charge is 0.356 e. The summed E-state index contributed by atoms with van der Waals surface area (Å²) >= 11 is 7.21. The Hall–Kier alpha value is -1.99. The van der Waals surface area contributed by atoms with Crippen LogP contribution in [0.1, 0.15) is 23.0 Å². The normalized spacial score (nSPS) is 10.4. The third kappa shape index (κ3) is 4.74. The van der Waals surface area contributed by atoms with E-state index in [1.165, 1.54) is 18.0 Å². The number of rotatable bonds is 6. The lowest BCUT2D eigenvalue weighted by Gasteiger charge is -2.08. The van der Waals surface area contributed by atoms with Gasteiger partial charge in [0.15, 0.2) is 5.16 Å². The van der Waals surface area contributed by atoms with E-state index >= 15 is 0 Å². The monoisotopic (exact) mass is 353 g/mol. The maximum atomic E-state index is 12.0. The van der Waals surface area contributed by atoms with E-state index in [0.29, 0.717) is 22.5 Å². The lowest BCUT2D eigenvalue weighted by Crippen LogP contribution is -2.15. The summed E-state index contributed by atoms with van der Waals surface area (Å²) in [5.74, 6) is -0.498.